The summed E-state index contributed by atoms with van der Waals surface area (Å²) in [5.41, 5.74) is 0. The second kappa shape index (κ2) is 2.02. The smallest absolute Gasteiger partial charge is 0.0752 e. The van der Waals surface area contributed by atoms with Crippen LogP contribution in [0.5, 0.6) is 0 Å². The highest BCUT2D eigenvalue weighted by atomic mass is 14.2. The van der Waals surface area contributed by atoms with E-state index < -0.39 is 0 Å². The van der Waals surface area contributed by atoms with E-state index in [9.17, 15) is 0 Å². The fraction of sp³-hybridized carbons (Fsp3) is 0.800. The molecule has 0 saturated carbocycles. The Morgan fingerprint density at radius 2 is 2.14 bits per heavy atom. The van der Waals surface area contributed by atoms with E-state index in [2.05, 4.69) is 0 Å². The summed E-state index contributed by atoms with van der Waals surface area (Å²) in [6.07, 6.45) is 0.424. The summed E-state index contributed by atoms with van der Waals surface area (Å²) in [6.45, 7) is 3.66. The van der Waals surface area contributed by atoms with Gasteiger partial charge in [0, 0.05) is 6.42 Å². The molecular formula is C5H8BN. The van der Waals surface area contributed by atoms with Crippen molar-refractivity contribution in [1.29, 1.82) is 5.26 Å². The lowest BCUT2D eigenvalue weighted by Crippen LogP contribution is -1.98. The van der Waals surface area contributed by atoms with Gasteiger partial charge in [0.05, 0.1) is 13.9 Å². The minimum absolute atomic E-state index is 0.311. The van der Waals surface area contributed by atoms with Crippen molar-refractivity contribution in [3.8, 4) is 6.07 Å². The monoisotopic (exact) mass is 93.1 g/mol. The molecule has 2 radical (unpaired) electrons. The molecule has 0 unspecified atom stereocenters. The van der Waals surface area contributed by atoms with Crippen LogP contribution in [0.25, 0.3) is 0 Å². The standard InChI is InChI=1S/C5H8BN/c1-5(2,6)3-4-7/h3H2,1-2H3. The summed E-state index contributed by atoms with van der Waals surface area (Å²) < 4.78 is 0. The van der Waals surface area contributed by atoms with Crippen molar-refractivity contribution >= 4 is 7.85 Å². The first kappa shape index (κ1) is 6.55. The van der Waals surface area contributed by atoms with Crippen LogP contribution in [0.3, 0.4) is 0 Å². The summed E-state index contributed by atoms with van der Waals surface area (Å²) in [5, 5.41) is 7.76. The largest absolute Gasteiger partial charge is 0.198 e. The summed E-state index contributed by atoms with van der Waals surface area (Å²) in [4.78, 5) is 0. The highest BCUT2D eigenvalue weighted by Crippen LogP contribution is 2.21. The predicted octanol–water partition coefficient (Wildman–Crippen LogP) is 1.27. The highest BCUT2D eigenvalue weighted by Gasteiger charge is 2.06. The number of nitrogens with zero attached hydrogens (tertiary/aromatic N) is 1. The first-order valence-corrected chi connectivity index (χ1v) is 2.22. The van der Waals surface area contributed by atoms with Gasteiger partial charge in [-0.15, -0.1) is 0 Å². The van der Waals surface area contributed by atoms with Crippen LogP contribution in [0.1, 0.15) is 20.3 Å². The van der Waals surface area contributed by atoms with Crippen molar-refractivity contribution in [3.05, 3.63) is 0 Å². The maximum Gasteiger partial charge on any atom is 0.0752 e. The van der Waals surface area contributed by atoms with E-state index in [-0.39, 0.29) is 5.31 Å². The lowest BCUT2D eigenvalue weighted by Gasteiger charge is -2.11. The Labute approximate surface area is 45.7 Å². The first-order chi connectivity index (χ1) is 3.06. The van der Waals surface area contributed by atoms with Crippen LogP contribution in [-0.2, 0) is 0 Å². The van der Waals surface area contributed by atoms with Gasteiger partial charge >= 0.3 is 0 Å². The molecular weight excluding hydrogens is 84.9 g/mol. The molecule has 0 heterocycles. The molecule has 0 atom stereocenters. The summed E-state index contributed by atoms with van der Waals surface area (Å²) in [5.74, 6) is 0. The van der Waals surface area contributed by atoms with Crippen molar-refractivity contribution in [2.45, 2.75) is 25.6 Å². The minimum atomic E-state index is -0.311. The molecule has 0 aliphatic heterocycles. The Kier molecular flexibility index (Phi) is 1.89. The van der Waals surface area contributed by atoms with Gasteiger partial charge < -0.3 is 0 Å². The average Bonchev–Trinajstić information content (AvgIpc) is 1.30. The van der Waals surface area contributed by atoms with Crippen LogP contribution >= 0.6 is 0 Å². The molecule has 0 saturated heterocycles. The quantitative estimate of drug-likeness (QED) is 0.447. The lowest BCUT2D eigenvalue weighted by atomic mass is 9.71. The third kappa shape index (κ3) is 5.55. The molecule has 0 aliphatic carbocycles. The molecule has 36 valence electrons. The lowest BCUT2D eigenvalue weighted by molar-refractivity contribution is 0.700. The zero-order valence-electron chi connectivity index (χ0n) is 4.73. The molecule has 0 spiro atoms. The molecule has 2 heteroatoms. The van der Waals surface area contributed by atoms with Crippen LogP contribution in [0.15, 0.2) is 0 Å². The van der Waals surface area contributed by atoms with Gasteiger partial charge in [-0.2, -0.15) is 5.26 Å². The Hall–Kier alpha value is -0.445. The van der Waals surface area contributed by atoms with E-state index in [1.165, 1.54) is 0 Å². The van der Waals surface area contributed by atoms with E-state index in [1.807, 2.05) is 19.9 Å². The van der Waals surface area contributed by atoms with Crippen molar-refractivity contribution in [3.63, 3.8) is 0 Å². The molecule has 0 aromatic heterocycles. The summed E-state index contributed by atoms with van der Waals surface area (Å²) >= 11 is 0. The molecule has 0 amide bonds. The van der Waals surface area contributed by atoms with Crippen molar-refractivity contribution in [2.24, 2.45) is 0 Å². The Bertz CT molecular complexity index is 85.2. The molecule has 0 N–H and O–H groups in total. The average molecular weight is 92.9 g/mol. The van der Waals surface area contributed by atoms with Crippen molar-refractivity contribution in [2.75, 3.05) is 0 Å². The number of rotatable bonds is 1. The molecule has 0 bridgehead atoms. The zero-order valence-corrected chi connectivity index (χ0v) is 4.73. The normalized spacial score (nSPS) is 10.4. The van der Waals surface area contributed by atoms with Crippen molar-refractivity contribution < 1.29 is 0 Å². The Balaban J connectivity index is 3.40. The molecule has 0 aromatic carbocycles. The molecule has 0 fully saturated rings. The van der Waals surface area contributed by atoms with Gasteiger partial charge in [0.2, 0.25) is 0 Å². The Morgan fingerprint density at radius 1 is 1.71 bits per heavy atom. The van der Waals surface area contributed by atoms with Crippen molar-refractivity contribution in [1.82, 2.24) is 0 Å². The van der Waals surface area contributed by atoms with Crippen LogP contribution in [0.2, 0.25) is 5.31 Å². The second-order valence-electron chi connectivity index (χ2n) is 2.32. The summed E-state index contributed by atoms with van der Waals surface area (Å²) in [6, 6.07) is 1.98. The minimum Gasteiger partial charge on any atom is -0.198 e. The molecule has 0 rings (SSSR count). The molecule has 1 nitrogen and oxygen atoms in total. The zero-order chi connectivity index (χ0) is 5.91. The van der Waals surface area contributed by atoms with Crippen LogP contribution in [-0.4, -0.2) is 7.85 Å². The molecule has 0 aliphatic rings. The Morgan fingerprint density at radius 3 is 2.14 bits per heavy atom. The molecule has 0 aromatic rings. The number of nitriles is 1. The predicted molar refractivity (Wildman–Crippen MR) is 30.0 cm³/mol. The van der Waals surface area contributed by atoms with Crippen LogP contribution in [0.4, 0.5) is 0 Å². The van der Waals surface area contributed by atoms with E-state index in [0.717, 1.165) is 0 Å². The van der Waals surface area contributed by atoms with Gasteiger partial charge in [-0.05, 0) is 0 Å². The van der Waals surface area contributed by atoms with Gasteiger partial charge in [-0.3, -0.25) is 0 Å². The maximum atomic E-state index is 8.07. The second-order valence-corrected chi connectivity index (χ2v) is 2.32. The van der Waals surface area contributed by atoms with Crippen LogP contribution in [0, 0.1) is 11.3 Å². The van der Waals surface area contributed by atoms with E-state index in [0.29, 0.717) is 6.42 Å². The fourth-order valence-electron chi connectivity index (χ4n) is 0.204. The number of hydrogen-bond donors (Lipinski definition) is 0. The van der Waals surface area contributed by atoms with Gasteiger partial charge in [0.1, 0.15) is 0 Å². The van der Waals surface area contributed by atoms with Gasteiger partial charge in [-0.1, -0.05) is 19.2 Å². The first-order valence-electron chi connectivity index (χ1n) is 2.22. The molecule has 7 heavy (non-hydrogen) atoms. The van der Waals surface area contributed by atoms with E-state index in [4.69, 9.17) is 13.1 Å². The third-order valence-corrected chi connectivity index (χ3v) is 0.535. The fourth-order valence-corrected chi connectivity index (χ4v) is 0.204. The summed E-state index contributed by atoms with van der Waals surface area (Å²) in [7, 11) is 5.42. The van der Waals surface area contributed by atoms with E-state index >= 15 is 0 Å². The van der Waals surface area contributed by atoms with Gasteiger partial charge in [-0.25, -0.2) is 0 Å². The van der Waals surface area contributed by atoms with Gasteiger partial charge in [0.25, 0.3) is 0 Å². The highest BCUT2D eigenvalue weighted by molar-refractivity contribution is 6.14. The van der Waals surface area contributed by atoms with Gasteiger partial charge in [0.15, 0.2) is 0 Å². The van der Waals surface area contributed by atoms with Crippen LogP contribution < -0.4 is 0 Å². The van der Waals surface area contributed by atoms with E-state index in [1.54, 1.807) is 0 Å². The SMILES string of the molecule is [B]C(C)(C)CC#N. The maximum absolute atomic E-state index is 8.07. The topological polar surface area (TPSA) is 23.8 Å². The third-order valence-electron chi connectivity index (χ3n) is 0.535. The number of hydrogen-bond acceptors (Lipinski definition) is 1.